The van der Waals surface area contributed by atoms with Gasteiger partial charge in [0.25, 0.3) is 0 Å². The Kier molecular flexibility index (Phi) is 4.88. The van der Waals surface area contributed by atoms with Gasteiger partial charge < -0.3 is 4.74 Å². The van der Waals surface area contributed by atoms with Crippen LogP contribution in [0.3, 0.4) is 0 Å². The zero-order valence-corrected chi connectivity index (χ0v) is 27.0. The summed E-state index contributed by atoms with van der Waals surface area (Å²) in [6.07, 6.45) is 6.89. The second-order valence-electron chi connectivity index (χ2n) is 15.6. The molecule has 13 rings (SSSR count). The maximum atomic E-state index is 6.83. The van der Waals surface area contributed by atoms with Gasteiger partial charge in [0.2, 0.25) is 0 Å². The molecule has 0 amide bonds. The Morgan fingerprint density at radius 1 is 0.417 bits per heavy atom. The molecule has 1 heteroatoms. The van der Waals surface area contributed by atoms with E-state index in [1.54, 1.807) is 0 Å². The molecule has 1 aliphatic heterocycles. The molecule has 0 N–H and O–H groups in total. The maximum absolute atomic E-state index is 6.83. The summed E-state index contributed by atoms with van der Waals surface area (Å²) in [6.45, 7) is 0. The Labute approximate surface area is 282 Å². The monoisotopic (exact) mass is 616 g/mol. The molecular weight excluding hydrogens is 581 g/mol. The summed E-state index contributed by atoms with van der Waals surface area (Å²) in [5, 5.41) is 0. The molecular formula is C47H36O. The third kappa shape index (κ3) is 2.94. The highest BCUT2D eigenvalue weighted by atomic mass is 16.5. The summed E-state index contributed by atoms with van der Waals surface area (Å²) >= 11 is 0. The first-order valence-corrected chi connectivity index (χ1v) is 18.1. The van der Waals surface area contributed by atoms with Crippen LogP contribution in [0.5, 0.6) is 11.5 Å². The maximum Gasteiger partial charge on any atom is 0.131 e. The van der Waals surface area contributed by atoms with Crippen molar-refractivity contribution < 1.29 is 4.74 Å². The summed E-state index contributed by atoms with van der Waals surface area (Å²) in [6, 6.07) is 50.9. The topological polar surface area (TPSA) is 9.23 Å². The van der Waals surface area contributed by atoms with Crippen molar-refractivity contribution in [3.8, 4) is 44.9 Å². The molecule has 6 aromatic carbocycles. The number of rotatable bonds is 1. The van der Waals surface area contributed by atoms with Gasteiger partial charge in [-0.25, -0.2) is 0 Å². The molecule has 0 saturated heterocycles. The van der Waals surface area contributed by atoms with Crippen molar-refractivity contribution in [2.24, 2.45) is 23.7 Å². The van der Waals surface area contributed by atoms with Gasteiger partial charge in [-0.1, -0.05) is 115 Å². The number of para-hydroxylation sites is 1. The molecule has 48 heavy (non-hydrogen) atoms. The Balaban J connectivity index is 1.15. The molecule has 6 aromatic rings. The van der Waals surface area contributed by atoms with Gasteiger partial charge in [-0.05, 0) is 130 Å². The fourth-order valence-corrected chi connectivity index (χ4v) is 12.5. The molecule has 2 spiro atoms. The van der Waals surface area contributed by atoms with E-state index >= 15 is 0 Å². The fourth-order valence-electron chi connectivity index (χ4n) is 12.5. The van der Waals surface area contributed by atoms with Crippen LogP contribution in [0.2, 0.25) is 0 Å². The average molecular weight is 617 g/mol. The summed E-state index contributed by atoms with van der Waals surface area (Å²) in [5.74, 6) is 5.32. The molecule has 6 aliphatic carbocycles. The van der Waals surface area contributed by atoms with E-state index in [1.807, 2.05) is 0 Å². The van der Waals surface area contributed by atoms with E-state index in [1.165, 1.54) is 98.9 Å². The van der Waals surface area contributed by atoms with Crippen LogP contribution < -0.4 is 4.74 Å². The fraction of sp³-hybridized carbons (Fsp3) is 0.234. The second kappa shape index (κ2) is 8.97. The lowest BCUT2D eigenvalue weighted by molar-refractivity contribution is -0.0452. The molecule has 0 atom stereocenters. The van der Waals surface area contributed by atoms with Crippen LogP contribution in [0.25, 0.3) is 33.4 Å². The van der Waals surface area contributed by atoms with Crippen molar-refractivity contribution >= 4 is 0 Å². The van der Waals surface area contributed by atoms with Crippen LogP contribution in [-0.4, -0.2) is 0 Å². The van der Waals surface area contributed by atoms with Crippen molar-refractivity contribution in [2.45, 2.75) is 42.9 Å². The lowest BCUT2D eigenvalue weighted by atomic mass is 9.41. The first-order chi connectivity index (χ1) is 23.8. The number of fused-ring (bicyclic) bond motifs is 12. The SMILES string of the molecule is c1ccc2c(c1)Oc1ccc(-c3cccc4c3C3(c5ccccc5-c5ccccc53)c3ccccc3-4)cc1C21C2CC3CC(C2)CC1C3. The van der Waals surface area contributed by atoms with E-state index in [9.17, 15) is 0 Å². The minimum atomic E-state index is -0.366. The van der Waals surface area contributed by atoms with E-state index in [-0.39, 0.29) is 10.8 Å². The minimum absolute atomic E-state index is 0.0266. The average Bonchev–Trinajstić information content (AvgIpc) is 3.60. The molecule has 4 fully saturated rings. The van der Waals surface area contributed by atoms with Gasteiger partial charge in [-0.15, -0.1) is 0 Å². The quantitative estimate of drug-likeness (QED) is 0.178. The van der Waals surface area contributed by atoms with Gasteiger partial charge in [-0.2, -0.15) is 0 Å². The molecule has 0 radical (unpaired) electrons. The highest BCUT2D eigenvalue weighted by Crippen LogP contribution is 2.70. The standard InChI is InChI=1S/C47H36O/c1-4-15-38-34(10-1)35-11-2-5-16-39(35)47(38)40-17-6-3-12-36(40)37-14-9-13-33(45(37)47)30-20-21-44-42(27-30)46(41-18-7-8-19-43(41)48-44)31-23-28-22-29(25-31)26-32(46)24-28/h1-21,27-29,31-32H,22-26H2. The van der Waals surface area contributed by atoms with Gasteiger partial charge in [0.05, 0.1) is 5.41 Å². The Morgan fingerprint density at radius 3 is 1.56 bits per heavy atom. The van der Waals surface area contributed by atoms with Crippen LogP contribution in [0.4, 0.5) is 0 Å². The van der Waals surface area contributed by atoms with E-state index in [4.69, 9.17) is 4.74 Å². The van der Waals surface area contributed by atoms with Gasteiger partial charge in [0.1, 0.15) is 11.5 Å². The van der Waals surface area contributed by atoms with Crippen molar-refractivity contribution in [1.82, 2.24) is 0 Å². The van der Waals surface area contributed by atoms with E-state index in [0.29, 0.717) is 11.8 Å². The predicted octanol–water partition coefficient (Wildman–Crippen LogP) is 11.5. The lowest BCUT2D eigenvalue weighted by Crippen LogP contribution is -2.56. The van der Waals surface area contributed by atoms with Gasteiger partial charge in [0.15, 0.2) is 0 Å². The van der Waals surface area contributed by atoms with Crippen molar-refractivity contribution in [1.29, 1.82) is 0 Å². The van der Waals surface area contributed by atoms with Crippen LogP contribution >= 0.6 is 0 Å². The van der Waals surface area contributed by atoms with Crippen LogP contribution in [0, 0.1) is 23.7 Å². The van der Waals surface area contributed by atoms with E-state index in [0.717, 1.165) is 23.3 Å². The molecule has 1 nitrogen and oxygen atoms in total. The number of ether oxygens (including phenoxy) is 1. The molecule has 230 valence electrons. The summed E-state index contributed by atoms with van der Waals surface area (Å²) < 4.78 is 6.83. The summed E-state index contributed by atoms with van der Waals surface area (Å²) in [5.41, 5.74) is 16.3. The predicted molar refractivity (Wildman–Crippen MR) is 193 cm³/mol. The zero-order valence-electron chi connectivity index (χ0n) is 27.0. The number of hydrogen-bond acceptors (Lipinski definition) is 1. The molecule has 4 bridgehead atoms. The van der Waals surface area contributed by atoms with Crippen LogP contribution in [0.15, 0.2) is 133 Å². The normalized spacial score (nSPS) is 26.8. The van der Waals surface area contributed by atoms with Gasteiger partial charge >= 0.3 is 0 Å². The largest absolute Gasteiger partial charge is 0.457 e. The first kappa shape index (κ1) is 26.1. The highest BCUT2D eigenvalue weighted by molar-refractivity contribution is 5.98. The molecule has 1 heterocycles. The molecule has 4 saturated carbocycles. The Morgan fingerprint density at radius 2 is 0.917 bits per heavy atom. The van der Waals surface area contributed by atoms with Gasteiger partial charge in [0, 0.05) is 16.5 Å². The lowest BCUT2D eigenvalue weighted by Gasteiger charge is -2.63. The van der Waals surface area contributed by atoms with E-state index in [2.05, 4.69) is 133 Å². The molecule has 0 unspecified atom stereocenters. The minimum Gasteiger partial charge on any atom is -0.457 e. The molecule has 0 aromatic heterocycles. The third-order valence-electron chi connectivity index (χ3n) is 13.7. The third-order valence-corrected chi connectivity index (χ3v) is 13.7. The second-order valence-corrected chi connectivity index (χ2v) is 15.6. The van der Waals surface area contributed by atoms with E-state index < -0.39 is 0 Å². The van der Waals surface area contributed by atoms with Crippen molar-refractivity contribution in [3.63, 3.8) is 0 Å². The Bertz CT molecular complexity index is 2270. The van der Waals surface area contributed by atoms with Crippen molar-refractivity contribution in [3.05, 3.63) is 167 Å². The zero-order chi connectivity index (χ0) is 31.2. The van der Waals surface area contributed by atoms with Crippen molar-refractivity contribution in [2.75, 3.05) is 0 Å². The van der Waals surface area contributed by atoms with Crippen LogP contribution in [0.1, 0.15) is 65.5 Å². The highest BCUT2D eigenvalue weighted by Gasteiger charge is 2.61. The summed E-state index contributed by atoms with van der Waals surface area (Å²) in [4.78, 5) is 0. The molecule has 7 aliphatic rings. The first-order valence-electron chi connectivity index (χ1n) is 18.1. The number of benzene rings is 6. The van der Waals surface area contributed by atoms with Crippen LogP contribution in [-0.2, 0) is 10.8 Å². The Hall–Kier alpha value is -4.88. The summed E-state index contributed by atoms with van der Waals surface area (Å²) in [7, 11) is 0. The number of hydrogen-bond donors (Lipinski definition) is 0. The van der Waals surface area contributed by atoms with Gasteiger partial charge in [-0.3, -0.25) is 0 Å². The smallest absolute Gasteiger partial charge is 0.131 e.